The van der Waals surface area contributed by atoms with Crippen LogP contribution in [0.2, 0.25) is 0 Å². The molecule has 1 aromatic rings. The first kappa shape index (κ1) is 15.8. The van der Waals surface area contributed by atoms with Crippen molar-refractivity contribution in [3.05, 3.63) is 59.3 Å². The lowest BCUT2D eigenvalue weighted by molar-refractivity contribution is -0.137. The molecule has 1 saturated heterocycles. The SMILES string of the molecule is CCOC(=O)/C=C/C1=C(C)N2C(CC1)OC[C@H]2c1ccccc1. The minimum atomic E-state index is -0.285. The molecule has 0 aromatic heterocycles. The summed E-state index contributed by atoms with van der Waals surface area (Å²) in [6.07, 6.45) is 5.43. The van der Waals surface area contributed by atoms with E-state index in [-0.39, 0.29) is 18.2 Å². The van der Waals surface area contributed by atoms with Gasteiger partial charge in [-0.3, -0.25) is 0 Å². The monoisotopic (exact) mass is 313 g/mol. The van der Waals surface area contributed by atoms with E-state index in [1.54, 1.807) is 0 Å². The van der Waals surface area contributed by atoms with E-state index in [1.807, 2.05) is 19.1 Å². The van der Waals surface area contributed by atoms with Crippen LogP contribution >= 0.6 is 0 Å². The number of hydrogen-bond donors (Lipinski definition) is 0. The molecule has 1 unspecified atom stereocenters. The number of esters is 1. The molecule has 2 atom stereocenters. The summed E-state index contributed by atoms with van der Waals surface area (Å²) in [4.78, 5) is 13.9. The van der Waals surface area contributed by atoms with Crippen molar-refractivity contribution >= 4 is 5.97 Å². The van der Waals surface area contributed by atoms with E-state index < -0.39 is 0 Å². The Balaban J connectivity index is 1.83. The maximum atomic E-state index is 11.5. The number of carbonyl (C=O) groups is 1. The molecule has 4 heteroatoms. The molecule has 2 aliphatic rings. The number of ether oxygens (including phenoxy) is 2. The summed E-state index contributed by atoms with van der Waals surface area (Å²) in [6, 6.07) is 10.7. The van der Waals surface area contributed by atoms with Crippen LogP contribution in [0.4, 0.5) is 0 Å². The van der Waals surface area contributed by atoms with Gasteiger partial charge in [0.1, 0.15) is 6.23 Å². The van der Waals surface area contributed by atoms with Crippen LogP contribution in [0.25, 0.3) is 0 Å². The van der Waals surface area contributed by atoms with Crippen LogP contribution in [-0.4, -0.2) is 30.3 Å². The summed E-state index contributed by atoms with van der Waals surface area (Å²) < 4.78 is 10.9. The number of nitrogens with zero attached hydrogens (tertiary/aromatic N) is 1. The van der Waals surface area contributed by atoms with Crippen molar-refractivity contribution in [3.8, 4) is 0 Å². The van der Waals surface area contributed by atoms with Gasteiger partial charge in [-0.2, -0.15) is 0 Å². The van der Waals surface area contributed by atoms with Gasteiger partial charge in [0, 0.05) is 11.8 Å². The molecule has 0 N–H and O–H groups in total. The third-order valence-electron chi connectivity index (χ3n) is 4.50. The lowest BCUT2D eigenvalue weighted by Crippen LogP contribution is -2.34. The standard InChI is InChI=1S/C19H23NO3/c1-3-22-19(21)12-10-15-9-11-18-20(14(15)2)17(13-23-18)16-7-5-4-6-8-16/h4-8,10,12,17-18H,3,9,11,13H2,1-2H3/b12-10+/t17-,18?/m0/s1. The first-order valence-electron chi connectivity index (χ1n) is 8.20. The molecule has 122 valence electrons. The maximum Gasteiger partial charge on any atom is 0.330 e. The molecule has 1 aromatic carbocycles. The molecule has 0 radical (unpaired) electrons. The number of rotatable bonds is 4. The largest absolute Gasteiger partial charge is 0.463 e. The van der Waals surface area contributed by atoms with Gasteiger partial charge in [-0.25, -0.2) is 4.79 Å². The fraction of sp³-hybridized carbons (Fsp3) is 0.421. The summed E-state index contributed by atoms with van der Waals surface area (Å²) in [5.74, 6) is -0.285. The molecule has 3 rings (SSSR count). The number of hydrogen-bond acceptors (Lipinski definition) is 4. The highest BCUT2D eigenvalue weighted by Gasteiger charge is 2.38. The van der Waals surface area contributed by atoms with Crippen LogP contribution in [0.1, 0.15) is 38.3 Å². The van der Waals surface area contributed by atoms with Crippen molar-refractivity contribution in [2.75, 3.05) is 13.2 Å². The fourth-order valence-corrected chi connectivity index (χ4v) is 3.36. The molecule has 23 heavy (non-hydrogen) atoms. The number of carbonyl (C=O) groups excluding carboxylic acids is 1. The number of benzene rings is 1. The maximum absolute atomic E-state index is 11.5. The van der Waals surface area contributed by atoms with Crippen molar-refractivity contribution in [1.29, 1.82) is 0 Å². The summed E-state index contributed by atoms with van der Waals surface area (Å²) in [5, 5.41) is 0. The molecule has 0 spiro atoms. The summed E-state index contributed by atoms with van der Waals surface area (Å²) in [6.45, 7) is 5.04. The quantitative estimate of drug-likeness (QED) is 0.629. The Hall–Kier alpha value is -2.07. The third kappa shape index (κ3) is 3.32. The van der Waals surface area contributed by atoms with Crippen LogP contribution < -0.4 is 0 Å². The van der Waals surface area contributed by atoms with Gasteiger partial charge in [-0.1, -0.05) is 36.4 Å². The summed E-state index contributed by atoms with van der Waals surface area (Å²) in [7, 11) is 0. The molecule has 0 bridgehead atoms. The van der Waals surface area contributed by atoms with Crippen molar-refractivity contribution in [2.45, 2.75) is 39.0 Å². The first-order valence-corrected chi connectivity index (χ1v) is 8.20. The number of fused-ring (bicyclic) bond motifs is 1. The van der Waals surface area contributed by atoms with Crippen molar-refractivity contribution in [1.82, 2.24) is 4.90 Å². The van der Waals surface area contributed by atoms with E-state index in [0.29, 0.717) is 13.2 Å². The molecule has 0 saturated carbocycles. The zero-order valence-corrected chi connectivity index (χ0v) is 13.7. The van der Waals surface area contributed by atoms with Gasteiger partial charge in [-0.05, 0) is 37.8 Å². The molecule has 2 heterocycles. The van der Waals surface area contributed by atoms with E-state index in [2.05, 4.69) is 36.1 Å². The minimum Gasteiger partial charge on any atom is -0.463 e. The topological polar surface area (TPSA) is 38.8 Å². The average molecular weight is 313 g/mol. The second-order valence-corrected chi connectivity index (χ2v) is 5.86. The Bertz CT molecular complexity index is 621. The molecule has 0 amide bonds. The predicted octanol–water partition coefficient (Wildman–Crippen LogP) is 3.57. The van der Waals surface area contributed by atoms with E-state index in [4.69, 9.17) is 9.47 Å². The van der Waals surface area contributed by atoms with E-state index in [0.717, 1.165) is 12.8 Å². The Morgan fingerprint density at radius 2 is 2.17 bits per heavy atom. The zero-order valence-electron chi connectivity index (χ0n) is 13.7. The normalized spacial score (nSPS) is 24.2. The molecule has 0 aliphatic carbocycles. The average Bonchev–Trinajstić information content (AvgIpc) is 3.00. The van der Waals surface area contributed by atoms with Gasteiger partial charge in [0.25, 0.3) is 0 Å². The van der Waals surface area contributed by atoms with E-state index >= 15 is 0 Å². The van der Waals surface area contributed by atoms with Gasteiger partial charge in [-0.15, -0.1) is 0 Å². The Morgan fingerprint density at radius 3 is 2.91 bits per heavy atom. The molecule has 1 fully saturated rings. The smallest absolute Gasteiger partial charge is 0.330 e. The Kier molecular flexibility index (Phi) is 4.82. The second-order valence-electron chi connectivity index (χ2n) is 5.86. The summed E-state index contributed by atoms with van der Waals surface area (Å²) in [5.41, 5.74) is 3.64. The fourth-order valence-electron chi connectivity index (χ4n) is 3.36. The van der Waals surface area contributed by atoms with Crippen LogP contribution in [-0.2, 0) is 14.3 Å². The van der Waals surface area contributed by atoms with Gasteiger partial charge >= 0.3 is 5.97 Å². The first-order chi connectivity index (χ1) is 11.2. The van der Waals surface area contributed by atoms with Crippen molar-refractivity contribution < 1.29 is 14.3 Å². The van der Waals surface area contributed by atoms with Crippen LogP contribution in [0.5, 0.6) is 0 Å². The van der Waals surface area contributed by atoms with E-state index in [9.17, 15) is 4.79 Å². The van der Waals surface area contributed by atoms with Crippen molar-refractivity contribution in [2.24, 2.45) is 0 Å². The van der Waals surface area contributed by atoms with Crippen LogP contribution in [0.3, 0.4) is 0 Å². The number of allylic oxidation sites excluding steroid dienone is 3. The highest BCUT2D eigenvalue weighted by molar-refractivity contribution is 5.82. The van der Waals surface area contributed by atoms with Gasteiger partial charge in [0.2, 0.25) is 0 Å². The van der Waals surface area contributed by atoms with Gasteiger partial charge in [0.15, 0.2) is 0 Å². The molecular formula is C19H23NO3. The van der Waals surface area contributed by atoms with Crippen molar-refractivity contribution in [3.63, 3.8) is 0 Å². The Labute approximate surface area is 137 Å². The lowest BCUT2D eigenvalue weighted by atomic mass is 9.98. The Morgan fingerprint density at radius 1 is 1.39 bits per heavy atom. The highest BCUT2D eigenvalue weighted by atomic mass is 16.5. The zero-order chi connectivity index (χ0) is 16.2. The van der Waals surface area contributed by atoms with Crippen LogP contribution in [0.15, 0.2) is 53.8 Å². The van der Waals surface area contributed by atoms with Gasteiger partial charge in [0.05, 0.1) is 19.3 Å². The molecular weight excluding hydrogens is 290 g/mol. The predicted molar refractivity (Wildman–Crippen MR) is 88.5 cm³/mol. The highest BCUT2D eigenvalue weighted by Crippen LogP contribution is 2.40. The lowest BCUT2D eigenvalue weighted by Gasteiger charge is -2.36. The van der Waals surface area contributed by atoms with Crippen LogP contribution in [0, 0.1) is 0 Å². The van der Waals surface area contributed by atoms with E-state index in [1.165, 1.54) is 22.9 Å². The summed E-state index contributed by atoms with van der Waals surface area (Å²) >= 11 is 0. The molecule has 4 nitrogen and oxygen atoms in total. The minimum absolute atomic E-state index is 0.139. The second kappa shape index (κ2) is 7.01. The third-order valence-corrected chi connectivity index (χ3v) is 4.50. The molecule has 2 aliphatic heterocycles. The van der Waals surface area contributed by atoms with Gasteiger partial charge < -0.3 is 14.4 Å².